The number of anilines is 1. The summed E-state index contributed by atoms with van der Waals surface area (Å²) < 4.78 is 16.7. The predicted octanol–water partition coefficient (Wildman–Crippen LogP) is 5.89. The fraction of sp³-hybridized carbons (Fsp3) is 0.208. The Labute approximate surface area is 181 Å². The van der Waals surface area contributed by atoms with Crippen molar-refractivity contribution in [3.8, 4) is 17.2 Å². The first-order valence-corrected chi connectivity index (χ1v) is 9.98. The number of ether oxygens (including phenoxy) is 3. The molecule has 0 unspecified atom stereocenters. The van der Waals surface area contributed by atoms with E-state index in [1.54, 1.807) is 37.4 Å². The molecule has 1 amide bonds. The van der Waals surface area contributed by atoms with Gasteiger partial charge in [-0.05, 0) is 74.0 Å². The van der Waals surface area contributed by atoms with E-state index in [0.717, 1.165) is 16.9 Å². The number of amides is 1. The van der Waals surface area contributed by atoms with Crippen molar-refractivity contribution in [3.63, 3.8) is 0 Å². The number of nitrogens with one attached hydrogen (secondary N) is 1. The number of rotatable bonds is 8. The molecule has 30 heavy (non-hydrogen) atoms. The number of benzene rings is 3. The van der Waals surface area contributed by atoms with Crippen molar-refractivity contribution in [2.75, 3.05) is 19.0 Å². The zero-order valence-electron chi connectivity index (χ0n) is 17.2. The highest BCUT2D eigenvalue weighted by molar-refractivity contribution is 6.31. The minimum atomic E-state index is -0.228. The van der Waals surface area contributed by atoms with E-state index < -0.39 is 0 Å². The topological polar surface area (TPSA) is 56.8 Å². The monoisotopic (exact) mass is 425 g/mol. The summed E-state index contributed by atoms with van der Waals surface area (Å²) in [6.45, 7) is 4.56. The fourth-order valence-corrected chi connectivity index (χ4v) is 3.07. The molecular weight excluding hydrogens is 402 g/mol. The third kappa shape index (κ3) is 5.24. The molecule has 3 aromatic rings. The standard InChI is InChI=1S/C24H24ClNO4/c1-4-29-23-13-8-17(24(27)26-22-7-5-6-21(25)16(22)2)14-18(23)15-30-20-11-9-19(28-3)10-12-20/h5-14H,4,15H2,1-3H3,(H,26,27). The number of hydrogen-bond acceptors (Lipinski definition) is 4. The minimum absolute atomic E-state index is 0.228. The Hall–Kier alpha value is -3.18. The van der Waals surface area contributed by atoms with Gasteiger partial charge in [0.15, 0.2) is 0 Å². The van der Waals surface area contributed by atoms with Crippen LogP contribution in [-0.2, 0) is 6.61 Å². The average Bonchev–Trinajstić information content (AvgIpc) is 2.76. The molecule has 0 aliphatic heterocycles. The summed E-state index contributed by atoms with van der Waals surface area (Å²) in [5.74, 6) is 1.91. The number of carbonyl (C=O) groups is 1. The van der Waals surface area contributed by atoms with Crippen LogP contribution in [0.25, 0.3) is 0 Å². The van der Waals surface area contributed by atoms with Gasteiger partial charge in [-0.25, -0.2) is 0 Å². The summed E-state index contributed by atoms with van der Waals surface area (Å²) in [7, 11) is 1.62. The number of hydrogen-bond donors (Lipinski definition) is 1. The van der Waals surface area contributed by atoms with Gasteiger partial charge in [0, 0.05) is 21.8 Å². The Balaban J connectivity index is 1.78. The van der Waals surface area contributed by atoms with Gasteiger partial charge in [-0.3, -0.25) is 4.79 Å². The molecule has 0 bridgehead atoms. The summed E-state index contributed by atoms with van der Waals surface area (Å²) in [6, 6.07) is 18.0. The molecule has 3 rings (SSSR count). The zero-order chi connectivity index (χ0) is 21.5. The van der Waals surface area contributed by atoms with Crippen LogP contribution in [0.4, 0.5) is 5.69 Å². The van der Waals surface area contributed by atoms with Crippen molar-refractivity contribution in [1.82, 2.24) is 0 Å². The van der Waals surface area contributed by atoms with Gasteiger partial charge in [0.2, 0.25) is 0 Å². The van der Waals surface area contributed by atoms with Crippen LogP contribution in [0.15, 0.2) is 60.7 Å². The molecule has 0 saturated heterocycles. The van der Waals surface area contributed by atoms with Crippen molar-refractivity contribution in [1.29, 1.82) is 0 Å². The highest BCUT2D eigenvalue weighted by Gasteiger charge is 2.13. The molecule has 0 radical (unpaired) electrons. The van der Waals surface area contributed by atoms with E-state index in [1.807, 2.05) is 44.2 Å². The van der Waals surface area contributed by atoms with Gasteiger partial charge < -0.3 is 19.5 Å². The van der Waals surface area contributed by atoms with Crippen LogP contribution in [-0.4, -0.2) is 19.6 Å². The maximum Gasteiger partial charge on any atom is 0.255 e. The molecule has 0 aliphatic carbocycles. The van der Waals surface area contributed by atoms with Crippen molar-refractivity contribution < 1.29 is 19.0 Å². The van der Waals surface area contributed by atoms with Crippen LogP contribution in [0.1, 0.15) is 28.4 Å². The molecule has 0 atom stereocenters. The van der Waals surface area contributed by atoms with E-state index in [-0.39, 0.29) is 12.5 Å². The first-order chi connectivity index (χ1) is 14.5. The van der Waals surface area contributed by atoms with Gasteiger partial charge in [-0.1, -0.05) is 17.7 Å². The average molecular weight is 426 g/mol. The normalized spacial score (nSPS) is 10.4. The molecule has 0 aromatic heterocycles. The van der Waals surface area contributed by atoms with Crippen molar-refractivity contribution >= 4 is 23.2 Å². The second kappa shape index (κ2) is 10.0. The maximum absolute atomic E-state index is 12.8. The first-order valence-electron chi connectivity index (χ1n) is 9.61. The van der Waals surface area contributed by atoms with Crippen LogP contribution >= 0.6 is 11.6 Å². The molecule has 3 aromatic carbocycles. The Bertz CT molecular complexity index is 1020. The van der Waals surface area contributed by atoms with Crippen LogP contribution < -0.4 is 19.5 Å². The van der Waals surface area contributed by atoms with Gasteiger partial charge in [0.25, 0.3) is 5.91 Å². The van der Waals surface area contributed by atoms with E-state index >= 15 is 0 Å². The predicted molar refractivity (Wildman–Crippen MR) is 119 cm³/mol. The molecule has 6 heteroatoms. The van der Waals surface area contributed by atoms with Gasteiger partial charge in [-0.2, -0.15) is 0 Å². The Morgan fingerprint density at radius 2 is 1.73 bits per heavy atom. The molecular formula is C24H24ClNO4. The van der Waals surface area contributed by atoms with Crippen molar-refractivity contribution in [2.24, 2.45) is 0 Å². The number of methoxy groups -OCH3 is 1. The lowest BCUT2D eigenvalue weighted by Crippen LogP contribution is -2.14. The lowest BCUT2D eigenvalue weighted by molar-refractivity contribution is 0.102. The fourth-order valence-electron chi connectivity index (χ4n) is 2.90. The Morgan fingerprint density at radius 1 is 1.00 bits per heavy atom. The summed E-state index contributed by atoms with van der Waals surface area (Å²) >= 11 is 6.15. The van der Waals surface area contributed by atoms with Gasteiger partial charge >= 0.3 is 0 Å². The molecule has 1 N–H and O–H groups in total. The van der Waals surface area contributed by atoms with Crippen LogP contribution in [0, 0.1) is 6.92 Å². The Kier molecular flexibility index (Phi) is 7.20. The van der Waals surface area contributed by atoms with Gasteiger partial charge in [0.1, 0.15) is 23.9 Å². The zero-order valence-corrected chi connectivity index (χ0v) is 18.0. The highest BCUT2D eigenvalue weighted by atomic mass is 35.5. The number of carbonyl (C=O) groups excluding carboxylic acids is 1. The lowest BCUT2D eigenvalue weighted by Gasteiger charge is -2.14. The summed E-state index contributed by atoms with van der Waals surface area (Å²) in [5, 5.41) is 3.52. The van der Waals surface area contributed by atoms with Crippen molar-refractivity contribution in [2.45, 2.75) is 20.5 Å². The van der Waals surface area contributed by atoms with Crippen LogP contribution in [0.2, 0.25) is 5.02 Å². The molecule has 5 nitrogen and oxygen atoms in total. The van der Waals surface area contributed by atoms with Gasteiger partial charge in [-0.15, -0.1) is 0 Å². The Morgan fingerprint density at radius 3 is 2.43 bits per heavy atom. The van der Waals surface area contributed by atoms with E-state index in [4.69, 9.17) is 25.8 Å². The third-order valence-corrected chi connectivity index (χ3v) is 5.00. The molecule has 0 heterocycles. The third-order valence-electron chi connectivity index (χ3n) is 4.59. The second-order valence-electron chi connectivity index (χ2n) is 6.59. The summed E-state index contributed by atoms with van der Waals surface area (Å²) in [4.78, 5) is 12.8. The molecule has 0 spiro atoms. The maximum atomic E-state index is 12.8. The molecule has 0 saturated carbocycles. The molecule has 0 fully saturated rings. The minimum Gasteiger partial charge on any atom is -0.497 e. The molecule has 156 valence electrons. The van der Waals surface area contributed by atoms with E-state index in [0.29, 0.717) is 34.4 Å². The summed E-state index contributed by atoms with van der Waals surface area (Å²) in [6.07, 6.45) is 0. The SMILES string of the molecule is CCOc1ccc(C(=O)Nc2cccc(Cl)c2C)cc1COc1ccc(OC)cc1. The van der Waals surface area contributed by atoms with Crippen LogP contribution in [0.5, 0.6) is 17.2 Å². The van der Waals surface area contributed by atoms with Gasteiger partial charge in [0.05, 0.1) is 13.7 Å². The summed E-state index contributed by atoms with van der Waals surface area (Å²) in [5.41, 5.74) is 2.79. The van der Waals surface area contributed by atoms with Crippen molar-refractivity contribution in [3.05, 3.63) is 82.4 Å². The second-order valence-corrected chi connectivity index (χ2v) is 6.99. The van der Waals surface area contributed by atoms with E-state index in [2.05, 4.69) is 5.32 Å². The smallest absolute Gasteiger partial charge is 0.255 e. The first kappa shape index (κ1) is 21.5. The lowest BCUT2D eigenvalue weighted by atomic mass is 10.1. The van der Waals surface area contributed by atoms with E-state index in [1.165, 1.54) is 0 Å². The number of halogens is 1. The molecule has 0 aliphatic rings. The van der Waals surface area contributed by atoms with E-state index in [9.17, 15) is 4.79 Å². The quantitative estimate of drug-likeness (QED) is 0.489. The van der Waals surface area contributed by atoms with Crippen LogP contribution in [0.3, 0.4) is 0 Å². The highest BCUT2D eigenvalue weighted by Crippen LogP contribution is 2.26. The largest absolute Gasteiger partial charge is 0.497 e.